The highest BCUT2D eigenvalue weighted by atomic mass is 32.2. The molecule has 0 saturated carbocycles. The highest BCUT2D eigenvalue weighted by Gasteiger charge is 2.24. The van der Waals surface area contributed by atoms with Crippen LogP contribution in [0.25, 0.3) is 6.08 Å². The molecule has 2 N–H and O–H groups in total. The van der Waals surface area contributed by atoms with Crippen LogP contribution in [0.3, 0.4) is 0 Å². The Labute approximate surface area is 144 Å². The summed E-state index contributed by atoms with van der Waals surface area (Å²) >= 11 is 1.23. The number of aryl methyl sites for hydroxylation is 1. The van der Waals surface area contributed by atoms with E-state index in [0.29, 0.717) is 21.4 Å². The van der Waals surface area contributed by atoms with Crippen LogP contribution >= 0.6 is 11.8 Å². The van der Waals surface area contributed by atoms with E-state index in [4.69, 9.17) is 4.74 Å². The van der Waals surface area contributed by atoms with Crippen molar-refractivity contribution in [3.63, 3.8) is 0 Å². The van der Waals surface area contributed by atoms with E-state index < -0.39 is 0 Å². The van der Waals surface area contributed by atoms with E-state index >= 15 is 0 Å². The summed E-state index contributed by atoms with van der Waals surface area (Å²) in [5.74, 6) is 0.125. The van der Waals surface area contributed by atoms with Gasteiger partial charge in [-0.05, 0) is 48.5 Å². The van der Waals surface area contributed by atoms with Crippen LogP contribution in [-0.4, -0.2) is 23.3 Å². The second-order valence-electron chi connectivity index (χ2n) is 5.22. The summed E-state index contributed by atoms with van der Waals surface area (Å²) in [4.78, 5) is 17.0. The number of amidine groups is 1. The molecule has 2 aromatic carbocycles. The quantitative estimate of drug-likeness (QED) is 0.838. The van der Waals surface area contributed by atoms with Crippen LogP contribution in [0.5, 0.6) is 11.5 Å². The third kappa shape index (κ3) is 3.44. The number of rotatable bonds is 3. The minimum Gasteiger partial charge on any atom is -0.504 e. The first-order valence-corrected chi connectivity index (χ1v) is 8.10. The minimum atomic E-state index is -0.242. The molecule has 5 nitrogen and oxygen atoms in total. The Morgan fingerprint density at radius 2 is 2.04 bits per heavy atom. The number of benzene rings is 2. The van der Waals surface area contributed by atoms with Gasteiger partial charge in [0.1, 0.15) is 0 Å². The standard InChI is InChI=1S/C18H16N2O3S/c1-11-5-3-7-13(9-11)19-18-20-17(22)15(24-18)10-12-6-4-8-14(23-2)16(12)21/h3-10,21H,1-2H3,(H,19,20,22)/b15-10-. The highest BCUT2D eigenvalue weighted by molar-refractivity contribution is 8.18. The Morgan fingerprint density at radius 3 is 2.79 bits per heavy atom. The van der Waals surface area contributed by atoms with E-state index in [9.17, 15) is 9.90 Å². The van der Waals surface area contributed by atoms with Crippen molar-refractivity contribution in [1.82, 2.24) is 5.32 Å². The van der Waals surface area contributed by atoms with Crippen molar-refractivity contribution in [3.05, 3.63) is 58.5 Å². The van der Waals surface area contributed by atoms with Crippen LogP contribution in [0.2, 0.25) is 0 Å². The number of methoxy groups -OCH3 is 1. The van der Waals surface area contributed by atoms with Crippen molar-refractivity contribution in [2.75, 3.05) is 7.11 Å². The number of phenols is 1. The summed E-state index contributed by atoms with van der Waals surface area (Å²) in [7, 11) is 1.48. The predicted octanol–water partition coefficient (Wildman–Crippen LogP) is 3.60. The summed E-state index contributed by atoms with van der Waals surface area (Å²) in [6.07, 6.45) is 1.62. The van der Waals surface area contributed by atoms with E-state index in [0.717, 1.165) is 11.3 Å². The molecule has 0 atom stereocenters. The molecule has 0 bridgehead atoms. The number of nitrogens with one attached hydrogen (secondary N) is 1. The second-order valence-corrected chi connectivity index (χ2v) is 6.25. The number of aromatic hydroxyl groups is 1. The van der Waals surface area contributed by atoms with Gasteiger partial charge in [0.2, 0.25) is 0 Å². The van der Waals surface area contributed by atoms with Gasteiger partial charge in [-0.3, -0.25) is 4.79 Å². The van der Waals surface area contributed by atoms with Crippen LogP contribution in [0.1, 0.15) is 11.1 Å². The lowest BCUT2D eigenvalue weighted by molar-refractivity contribution is -0.115. The lowest BCUT2D eigenvalue weighted by Crippen LogP contribution is -2.19. The molecular weight excluding hydrogens is 324 g/mol. The van der Waals surface area contributed by atoms with Crippen molar-refractivity contribution >= 4 is 34.6 Å². The Morgan fingerprint density at radius 1 is 1.25 bits per heavy atom. The van der Waals surface area contributed by atoms with Crippen molar-refractivity contribution in [2.24, 2.45) is 4.99 Å². The van der Waals surface area contributed by atoms with Gasteiger partial charge in [0.05, 0.1) is 17.7 Å². The first kappa shape index (κ1) is 16.1. The molecule has 1 aliphatic heterocycles. The largest absolute Gasteiger partial charge is 0.504 e. The van der Waals surface area contributed by atoms with E-state index in [1.807, 2.05) is 31.2 Å². The number of amides is 1. The molecule has 122 valence electrons. The molecule has 1 saturated heterocycles. The Balaban J connectivity index is 1.88. The van der Waals surface area contributed by atoms with Crippen molar-refractivity contribution in [2.45, 2.75) is 6.92 Å². The lowest BCUT2D eigenvalue weighted by Gasteiger charge is -2.05. The van der Waals surface area contributed by atoms with E-state index in [1.165, 1.54) is 18.9 Å². The molecular formula is C18H16N2O3S. The van der Waals surface area contributed by atoms with Gasteiger partial charge in [0.25, 0.3) is 5.91 Å². The monoisotopic (exact) mass is 340 g/mol. The molecule has 0 spiro atoms. The van der Waals surface area contributed by atoms with Gasteiger partial charge in [0.15, 0.2) is 16.7 Å². The highest BCUT2D eigenvalue weighted by Crippen LogP contribution is 2.34. The maximum Gasteiger partial charge on any atom is 0.264 e. The Kier molecular flexibility index (Phi) is 4.57. The molecule has 24 heavy (non-hydrogen) atoms. The predicted molar refractivity (Wildman–Crippen MR) is 96.6 cm³/mol. The first-order valence-electron chi connectivity index (χ1n) is 7.29. The van der Waals surface area contributed by atoms with Crippen LogP contribution in [0, 0.1) is 6.92 Å². The number of ether oxygens (including phenoxy) is 1. The summed E-state index contributed by atoms with van der Waals surface area (Å²) in [5, 5.41) is 13.4. The fourth-order valence-corrected chi connectivity index (χ4v) is 3.09. The molecule has 0 aromatic heterocycles. The zero-order valence-corrected chi connectivity index (χ0v) is 14.1. The number of thioether (sulfide) groups is 1. The van der Waals surface area contributed by atoms with Gasteiger partial charge in [-0.25, -0.2) is 4.99 Å². The van der Waals surface area contributed by atoms with Gasteiger partial charge >= 0.3 is 0 Å². The fourth-order valence-electron chi connectivity index (χ4n) is 2.26. The molecule has 2 aromatic rings. The first-order chi connectivity index (χ1) is 11.6. The molecule has 0 radical (unpaired) electrons. The molecule has 1 heterocycles. The SMILES string of the molecule is COc1cccc(/C=C2\SC(=Nc3cccc(C)c3)NC2=O)c1O. The number of carbonyl (C=O) groups excluding carboxylic acids is 1. The van der Waals surface area contributed by atoms with Crippen LogP contribution in [-0.2, 0) is 4.79 Å². The Bertz CT molecular complexity index is 859. The van der Waals surface area contributed by atoms with Gasteiger partial charge in [-0.1, -0.05) is 24.3 Å². The normalized spacial score (nSPS) is 17.3. The second kappa shape index (κ2) is 6.80. The minimum absolute atomic E-state index is 0.00460. The molecule has 0 aliphatic carbocycles. The molecule has 0 unspecified atom stereocenters. The molecule has 1 amide bonds. The van der Waals surface area contributed by atoms with Crippen molar-refractivity contribution < 1.29 is 14.6 Å². The van der Waals surface area contributed by atoms with Gasteiger partial charge in [0, 0.05) is 5.56 Å². The topological polar surface area (TPSA) is 70.9 Å². The average molecular weight is 340 g/mol. The maximum atomic E-state index is 12.1. The lowest BCUT2D eigenvalue weighted by atomic mass is 10.1. The zero-order valence-electron chi connectivity index (χ0n) is 13.2. The van der Waals surface area contributed by atoms with Crippen molar-refractivity contribution in [1.29, 1.82) is 0 Å². The third-order valence-electron chi connectivity index (χ3n) is 3.42. The summed E-state index contributed by atoms with van der Waals surface area (Å²) in [6, 6.07) is 12.8. The maximum absolute atomic E-state index is 12.1. The number of carbonyl (C=O) groups is 1. The average Bonchev–Trinajstić information content (AvgIpc) is 2.89. The van der Waals surface area contributed by atoms with Crippen molar-refractivity contribution in [3.8, 4) is 11.5 Å². The summed E-state index contributed by atoms with van der Waals surface area (Å²) < 4.78 is 5.08. The molecule has 6 heteroatoms. The Hall–Kier alpha value is -2.73. The summed E-state index contributed by atoms with van der Waals surface area (Å²) in [6.45, 7) is 1.99. The number of aliphatic imine (C=N–C) groups is 1. The third-order valence-corrected chi connectivity index (χ3v) is 4.33. The molecule has 1 fully saturated rings. The van der Waals surface area contributed by atoms with Crippen LogP contribution in [0.15, 0.2) is 52.4 Å². The number of nitrogens with zero attached hydrogens (tertiary/aromatic N) is 1. The number of hydrogen-bond donors (Lipinski definition) is 2. The number of phenolic OH excluding ortho intramolecular Hbond substituents is 1. The van der Waals surface area contributed by atoms with Crippen LogP contribution in [0.4, 0.5) is 5.69 Å². The molecule has 3 rings (SSSR count). The van der Waals surface area contributed by atoms with Gasteiger partial charge in [-0.15, -0.1) is 0 Å². The number of para-hydroxylation sites is 1. The number of hydrogen-bond acceptors (Lipinski definition) is 5. The van der Waals surface area contributed by atoms with Crippen LogP contribution < -0.4 is 10.1 Å². The summed E-state index contributed by atoms with van der Waals surface area (Å²) in [5.41, 5.74) is 2.40. The van der Waals surface area contributed by atoms with E-state index in [-0.39, 0.29) is 11.7 Å². The van der Waals surface area contributed by atoms with Gasteiger partial charge in [-0.2, -0.15) is 0 Å². The zero-order chi connectivity index (χ0) is 17.1. The van der Waals surface area contributed by atoms with E-state index in [1.54, 1.807) is 24.3 Å². The smallest absolute Gasteiger partial charge is 0.264 e. The fraction of sp³-hybridized carbons (Fsp3) is 0.111. The molecule has 1 aliphatic rings. The van der Waals surface area contributed by atoms with Gasteiger partial charge < -0.3 is 15.2 Å². The van der Waals surface area contributed by atoms with E-state index in [2.05, 4.69) is 10.3 Å².